The Morgan fingerprint density at radius 1 is 1.47 bits per heavy atom. The molecule has 2 heterocycles. The highest BCUT2D eigenvalue weighted by molar-refractivity contribution is 5.85. The lowest BCUT2D eigenvalue weighted by Crippen LogP contribution is -2.38. The van der Waals surface area contributed by atoms with E-state index in [9.17, 15) is 9.18 Å². The maximum atomic E-state index is 13.2. The molecule has 0 saturated carbocycles. The number of hydrogen-bond acceptors (Lipinski definition) is 4. The van der Waals surface area contributed by atoms with E-state index in [4.69, 9.17) is 9.84 Å². The van der Waals surface area contributed by atoms with Crippen LogP contribution in [-0.4, -0.2) is 42.5 Å². The van der Waals surface area contributed by atoms with Gasteiger partial charge in [-0.25, -0.2) is 9.78 Å². The number of halogens is 1. The summed E-state index contributed by atoms with van der Waals surface area (Å²) in [4.78, 5) is 14.8. The second kappa shape index (κ2) is 5.97. The Morgan fingerprint density at radius 2 is 2.21 bits per heavy atom. The molecule has 1 fully saturated rings. The van der Waals surface area contributed by atoms with Crippen molar-refractivity contribution in [3.8, 4) is 0 Å². The van der Waals surface area contributed by atoms with Crippen molar-refractivity contribution < 1.29 is 19.0 Å². The third-order valence-electron chi connectivity index (χ3n) is 3.45. The van der Waals surface area contributed by atoms with Crippen LogP contribution in [0.25, 0.3) is 0 Å². The Kier molecular flexibility index (Phi) is 4.31. The summed E-state index contributed by atoms with van der Waals surface area (Å²) >= 11 is 0. The summed E-state index contributed by atoms with van der Waals surface area (Å²) in [7, 11) is 0. The predicted molar refractivity (Wildman–Crippen MR) is 68.1 cm³/mol. The number of aromatic nitrogens is 1. The largest absolute Gasteiger partial charge is 0.477 e. The van der Waals surface area contributed by atoms with Crippen LogP contribution < -0.4 is 5.32 Å². The first-order valence-corrected chi connectivity index (χ1v) is 6.23. The quantitative estimate of drug-likeness (QED) is 0.854. The molecule has 1 saturated heterocycles. The van der Waals surface area contributed by atoms with Gasteiger partial charge < -0.3 is 15.2 Å². The highest BCUT2D eigenvalue weighted by atomic mass is 19.1. The van der Waals surface area contributed by atoms with Gasteiger partial charge in [0, 0.05) is 25.2 Å². The minimum absolute atomic E-state index is 0.0220. The average Bonchev–Trinajstić information content (AvgIpc) is 2.46. The van der Waals surface area contributed by atoms with E-state index in [0.717, 1.165) is 0 Å². The molecule has 0 unspecified atom stereocenters. The van der Waals surface area contributed by atoms with Crippen LogP contribution in [0.2, 0.25) is 0 Å². The van der Waals surface area contributed by atoms with Crippen LogP contribution in [0.3, 0.4) is 0 Å². The first-order valence-electron chi connectivity index (χ1n) is 6.23. The van der Waals surface area contributed by atoms with E-state index in [-0.39, 0.29) is 5.69 Å². The second-order valence-electron chi connectivity index (χ2n) is 4.81. The van der Waals surface area contributed by atoms with Crippen molar-refractivity contribution in [3.05, 3.63) is 23.9 Å². The van der Waals surface area contributed by atoms with Gasteiger partial charge >= 0.3 is 5.97 Å². The third kappa shape index (κ3) is 3.41. The molecule has 6 heteroatoms. The molecule has 1 aromatic rings. The summed E-state index contributed by atoms with van der Waals surface area (Å²) in [6.07, 6.45) is 1.32. The standard InChI is InChI=1S/C13H17FN2O3/c14-8-13(4-6-19-7-5-13)9-15-11-3-1-2-10(16-11)12(17)18/h1-3H,4-9H2,(H,15,16)(H,17,18). The molecule has 1 aliphatic rings. The molecule has 0 aromatic carbocycles. The summed E-state index contributed by atoms with van der Waals surface area (Å²) < 4.78 is 18.5. The molecule has 2 N–H and O–H groups in total. The number of anilines is 1. The number of hydrogen-bond donors (Lipinski definition) is 2. The van der Waals surface area contributed by atoms with Gasteiger partial charge in [-0.05, 0) is 25.0 Å². The Morgan fingerprint density at radius 3 is 2.84 bits per heavy atom. The molecule has 0 radical (unpaired) electrons. The van der Waals surface area contributed by atoms with Crippen molar-refractivity contribution in [2.75, 3.05) is 31.7 Å². The van der Waals surface area contributed by atoms with E-state index in [2.05, 4.69) is 10.3 Å². The van der Waals surface area contributed by atoms with E-state index < -0.39 is 18.1 Å². The maximum absolute atomic E-state index is 13.2. The number of rotatable bonds is 5. The van der Waals surface area contributed by atoms with Gasteiger partial charge in [0.15, 0.2) is 5.69 Å². The summed E-state index contributed by atoms with van der Waals surface area (Å²) in [6.45, 7) is 1.15. The highest BCUT2D eigenvalue weighted by Crippen LogP contribution is 2.31. The number of aromatic carboxylic acids is 1. The number of carbonyl (C=O) groups is 1. The molecule has 0 bridgehead atoms. The normalized spacial score (nSPS) is 17.9. The Bertz CT molecular complexity index is 447. The fourth-order valence-electron chi connectivity index (χ4n) is 2.09. The Balaban J connectivity index is 2.00. The van der Waals surface area contributed by atoms with E-state index in [1.165, 1.54) is 6.07 Å². The average molecular weight is 268 g/mol. The van der Waals surface area contributed by atoms with Crippen molar-refractivity contribution in [2.24, 2.45) is 5.41 Å². The summed E-state index contributed by atoms with van der Waals surface area (Å²) in [5.41, 5.74) is -0.453. The lowest BCUT2D eigenvalue weighted by Gasteiger charge is -2.34. The smallest absolute Gasteiger partial charge is 0.354 e. The number of ether oxygens (including phenoxy) is 1. The molecule has 0 amide bonds. The third-order valence-corrected chi connectivity index (χ3v) is 3.45. The molecule has 104 valence electrons. The van der Waals surface area contributed by atoms with Gasteiger partial charge in [0.1, 0.15) is 5.82 Å². The van der Waals surface area contributed by atoms with E-state index >= 15 is 0 Å². The van der Waals surface area contributed by atoms with Gasteiger partial charge in [0.25, 0.3) is 0 Å². The predicted octanol–water partition coefficient (Wildman–Crippen LogP) is 1.96. The molecule has 19 heavy (non-hydrogen) atoms. The minimum atomic E-state index is -1.07. The topological polar surface area (TPSA) is 71.5 Å². The number of nitrogens with zero attached hydrogens (tertiary/aromatic N) is 1. The van der Waals surface area contributed by atoms with Crippen LogP contribution in [-0.2, 0) is 4.74 Å². The van der Waals surface area contributed by atoms with Gasteiger partial charge in [0.2, 0.25) is 0 Å². The first-order chi connectivity index (χ1) is 9.15. The van der Waals surface area contributed by atoms with Gasteiger partial charge in [-0.1, -0.05) is 6.07 Å². The van der Waals surface area contributed by atoms with Crippen molar-refractivity contribution in [2.45, 2.75) is 12.8 Å². The summed E-state index contributed by atoms with van der Waals surface area (Å²) in [6, 6.07) is 4.72. The fraction of sp³-hybridized carbons (Fsp3) is 0.538. The molecule has 0 spiro atoms. The molecular weight excluding hydrogens is 251 g/mol. The number of carboxylic acid groups (broad SMARTS) is 1. The molecule has 1 aromatic heterocycles. The molecule has 0 aliphatic carbocycles. The zero-order valence-electron chi connectivity index (χ0n) is 10.6. The van der Waals surface area contributed by atoms with Gasteiger partial charge in [-0.2, -0.15) is 0 Å². The van der Waals surface area contributed by atoms with Crippen molar-refractivity contribution >= 4 is 11.8 Å². The number of alkyl halides is 1. The molecule has 1 aliphatic heterocycles. The molecule has 0 atom stereocenters. The zero-order valence-corrected chi connectivity index (χ0v) is 10.6. The maximum Gasteiger partial charge on any atom is 0.354 e. The van der Waals surface area contributed by atoms with Crippen LogP contribution >= 0.6 is 0 Å². The van der Waals surface area contributed by atoms with Crippen LogP contribution in [0.1, 0.15) is 23.3 Å². The van der Waals surface area contributed by atoms with Gasteiger partial charge in [-0.3, -0.25) is 4.39 Å². The molecule has 2 rings (SSSR count). The monoisotopic (exact) mass is 268 g/mol. The number of pyridine rings is 1. The summed E-state index contributed by atoms with van der Waals surface area (Å²) in [5, 5.41) is 11.9. The zero-order chi connectivity index (χ0) is 13.7. The second-order valence-corrected chi connectivity index (χ2v) is 4.81. The lowest BCUT2D eigenvalue weighted by atomic mass is 9.81. The lowest BCUT2D eigenvalue weighted by molar-refractivity contribution is 0.00880. The van der Waals surface area contributed by atoms with E-state index in [0.29, 0.717) is 38.4 Å². The Labute approximate surface area is 110 Å². The number of nitrogens with one attached hydrogen (secondary N) is 1. The van der Waals surface area contributed by atoms with E-state index in [1.54, 1.807) is 12.1 Å². The van der Waals surface area contributed by atoms with Crippen molar-refractivity contribution in [3.63, 3.8) is 0 Å². The van der Waals surface area contributed by atoms with Gasteiger partial charge in [0.05, 0.1) is 6.67 Å². The van der Waals surface area contributed by atoms with Crippen LogP contribution in [0.15, 0.2) is 18.2 Å². The molecular formula is C13H17FN2O3. The van der Waals surface area contributed by atoms with Crippen molar-refractivity contribution in [1.82, 2.24) is 4.98 Å². The van der Waals surface area contributed by atoms with Gasteiger partial charge in [-0.15, -0.1) is 0 Å². The first kappa shape index (κ1) is 13.7. The highest BCUT2D eigenvalue weighted by Gasteiger charge is 2.32. The molecule has 5 nitrogen and oxygen atoms in total. The van der Waals surface area contributed by atoms with Crippen LogP contribution in [0.4, 0.5) is 10.2 Å². The minimum Gasteiger partial charge on any atom is -0.477 e. The van der Waals surface area contributed by atoms with Crippen LogP contribution in [0.5, 0.6) is 0 Å². The SMILES string of the molecule is O=C(O)c1cccc(NCC2(CF)CCOCC2)n1. The Hall–Kier alpha value is -1.69. The number of carboxylic acids is 1. The van der Waals surface area contributed by atoms with E-state index in [1.807, 2.05) is 0 Å². The fourth-order valence-corrected chi connectivity index (χ4v) is 2.09. The van der Waals surface area contributed by atoms with Crippen LogP contribution in [0, 0.1) is 5.41 Å². The van der Waals surface area contributed by atoms with Crippen molar-refractivity contribution in [1.29, 1.82) is 0 Å². The summed E-state index contributed by atoms with van der Waals surface area (Å²) in [5.74, 6) is -0.617.